The summed E-state index contributed by atoms with van der Waals surface area (Å²) in [4.78, 5) is 20.2. The normalized spacial score (nSPS) is 10.4. The number of nitro groups is 2. The molecule has 0 saturated heterocycles. The van der Waals surface area contributed by atoms with Gasteiger partial charge in [-0.3, -0.25) is 20.2 Å². The van der Waals surface area contributed by atoms with Gasteiger partial charge in [0.2, 0.25) is 5.82 Å². The van der Waals surface area contributed by atoms with E-state index in [1.807, 2.05) is 0 Å². The van der Waals surface area contributed by atoms with Gasteiger partial charge in [0.25, 0.3) is 5.69 Å². The van der Waals surface area contributed by atoms with Crippen molar-refractivity contribution < 1.29 is 9.85 Å². The molecule has 2 aromatic rings. The lowest BCUT2D eigenvalue weighted by atomic mass is 10.3. The third kappa shape index (κ3) is 2.08. The van der Waals surface area contributed by atoms with Gasteiger partial charge in [0.05, 0.1) is 15.5 Å². The molecule has 1 heterocycles. The van der Waals surface area contributed by atoms with Crippen LogP contribution in [-0.4, -0.2) is 19.6 Å². The van der Waals surface area contributed by atoms with E-state index in [1.54, 1.807) is 0 Å². The molecule has 98 valence electrons. The van der Waals surface area contributed by atoms with Crippen LogP contribution in [-0.2, 0) is 0 Å². The quantitative estimate of drug-likeness (QED) is 0.660. The topological polar surface area (TPSA) is 130 Å². The van der Waals surface area contributed by atoms with Crippen molar-refractivity contribution >= 4 is 17.2 Å². The Labute approximate surface area is 106 Å². The van der Waals surface area contributed by atoms with Crippen LogP contribution in [0.4, 0.5) is 17.2 Å². The summed E-state index contributed by atoms with van der Waals surface area (Å²) in [5.41, 5.74) is 5.91. The maximum absolute atomic E-state index is 10.8. The number of nitro benzene ring substituents is 1. The molecule has 0 spiro atoms. The second-order valence-electron chi connectivity index (χ2n) is 3.76. The monoisotopic (exact) mass is 263 g/mol. The van der Waals surface area contributed by atoms with E-state index in [1.165, 1.54) is 35.9 Å². The van der Waals surface area contributed by atoms with Crippen molar-refractivity contribution in [3.05, 3.63) is 50.2 Å². The van der Waals surface area contributed by atoms with Gasteiger partial charge in [-0.05, 0) is 19.1 Å². The summed E-state index contributed by atoms with van der Waals surface area (Å²) in [5, 5.41) is 25.3. The van der Waals surface area contributed by atoms with E-state index in [4.69, 9.17) is 5.73 Å². The van der Waals surface area contributed by atoms with Gasteiger partial charge in [0, 0.05) is 12.1 Å². The predicted octanol–water partition coefficient (Wildman–Crippen LogP) is 1.58. The molecule has 0 aliphatic heterocycles. The van der Waals surface area contributed by atoms with Crippen LogP contribution in [0.1, 0.15) is 5.69 Å². The average Bonchev–Trinajstić information content (AvgIpc) is 2.65. The Bertz CT molecular complexity index is 661. The van der Waals surface area contributed by atoms with Crippen molar-refractivity contribution in [1.29, 1.82) is 0 Å². The summed E-state index contributed by atoms with van der Waals surface area (Å²) >= 11 is 0. The van der Waals surface area contributed by atoms with Crippen molar-refractivity contribution in [3.8, 4) is 5.69 Å². The molecule has 1 aromatic heterocycles. The van der Waals surface area contributed by atoms with Crippen LogP contribution in [0, 0.1) is 27.2 Å². The molecule has 0 bridgehead atoms. The Morgan fingerprint density at radius 2 is 1.74 bits per heavy atom. The highest BCUT2D eigenvalue weighted by atomic mass is 16.6. The van der Waals surface area contributed by atoms with Crippen molar-refractivity contribution in [3.63, 3.8) is 0 Å². The number of hydrogen-bond donors (Lipinski definition) is 1. The van der Waals surface area contributed by atoms with E-state index >= 15 is 0 Å². The first-order valence-electron chi connectivity index (χ1n) is 5.16. The number of aromatic nitrogens is 2. The molecule has 0 radical (unpaired) electrons. The Morgan fingerprint density at radius 3 is 2.16 bits per heavy atom. The van der Waals surface area contributed by atoms with Gasteiger partial charge >= 0.3 is 5.69 Å². The Hall–Kier alpha value is -2.97. The van der Waals surface area contributed by atoms with E-state index in [-0.39, 0.29) is 22.9 Å². The number of non-ortho nitro benzene ring substituents is 1. The van der Waals surface area contributed by atoms with E-state index < -0.39 is 9.85 Å². The van der Waals surface area contributed by atoms with Crippen molar-refractivity contribution in [1.82, 2.24) is 9.78 Å². The molecular formula is C10H9N5O4. The smallest absolute Gasteiger partial charge is 0.333 e. The highest BCUT2D eigenvalue weighted by molar-refractivity contribution is 5.60. The number of nitrogens with two attached hydrogens (primary N) is 1. The van der Waals surface area contributed by atoms with Crippen LogP contribution < -0.4 is 5.73 Å². The number of rotatable bonds is 3. The summed E-state index contributed by atoms with van der Waals surface area (Å²) in [6, 6.07) is 5.39. The minimum absolute atomic E-state index is 0.0827. The zero-order valence-corrected chi connectivity index (χ0v) is 9.81. The maximum Gasteiger partial charge on any atom is 0.333 e. The number of aryl methyl sites for hydroxylation is 1. The van der Waals surface area contributed by atoms with Crippen LogP contribution >= 0.6 is 0 Å². The highest BCUT2D eigenvalue weighted by Crippen LogP contribution is 2.28. The molecule has 0 fully saturated rings. The molecule has 2 N–H and O–H groups in total. The number of hydrogen-bond acceptors (Lipinski definition) is 6. The maximum atomic E-state index is 10.8. The summed E-state index contributed by atoms with van der Waals surface area (Å²) < 4.78 is 1.18. The fourth-order valence-corrected chi connectivity index (χ4v) is 1.67. The Kier molecular flexibility index (Phi) is 2.87. The van der Waals surface area contributed by atoms with Gasteiger partial charge in [0.1, 0.15) is 5.69 Å². The number of nitrogen functional groups attached to an aromatic ring is 1. The van der Waals surface area contributed by atoms with Crippen molar-refractivity contribution in [2.45, 2.75) is 6.92 Å². The Morgan fingerprint density at radius 1 is 1.16 bits per heavy atom. The van der Waals surface area contributed by atoms with Gasteiger partial charge < -0.3 is 5.73 Å². The first-order chi connectivity index (χ1) is 8.91. The zero-order valence-electron chi connectivity index (χ0n) is 9.81. The summed E-state index contributed by atoms with van der Waals surface area (Å²) in [7, 11) is 0. The first-order valence-corrected chi connectivity index (χ1v) is 5.16. The molecule has 1 aromatic carbocycles. The predicted molar refractivity (Wildman–Crippen MR) is 66.0 cm³/mol. The minimum atomic E-state index is -0.612. The lowest BCUT2D eigenvalue weighted by Crippen LogP contribution is -2.03. The van der Waals surface area contributed by atoms with Crippen molar-refractivity contribution in [2.24, 2.45) is 0 Å². The van der Waals surface area contributed by atoms with Crippen molar-refractivity contribution in [2.75, 3.05) is 5.73 Å². The molecule has 0 atom stereocenters. The van der Waals surface area contributed by atoms with Crippen LogP contribution in [0.2, 0.25) is 0 Å². The molecule has 0 aliphatic rings. The van der Waals surface area contributed by atoms with Gasteiger partial charge in [-0.1, -0.05) is 0 Å². The van der Waals surface area contributed by atoms with Gasteiger partial charge in [0.15, 0.2) is 0 Å². The van der Waals surface area contributed by atoms with E-state index in [0.29, 0.717) is 5.69 Å². The number of nitrogens with zero attached hydrogens (tertiary/aromatic N) is 4. The lowest BCUT2D eigenvalue weighted by Gasteiger charge is -2.02. The van der Waals surface area contributed by atoms with E-state index in [2.05, 4.69) is 5.10 Å². The third-order valence-corrected chi connectivity index (χ3v) is 2.55. The number of anilines is 1. The molecule has 9 heteroatoms. The molecule has 2 rings (SSSR count). The average molecular weight is 263 g/mol. The second-order valence-corrected chi connectivity index (χ2v) is 3.76. The third-order valence-electron chi connectivity index (χ3n) is 2.55. The standard InChI is InChI=1S/C10H9N5O4/c1-6-9(15(18)19)10(11)13(12-6)7-2-4-8(5-3-7)14(16)17/h2-5H,11H2,1H3. The summed E-state index contributed by atoms with van der Waals surface area (Å²) in [5.74, 6) is -0.114. The van der Waals surface area contributed by atoms with Crippen LogP contribution in [0.15, 0.2) is 24.3 Å². The summed E-state index contributed by atoms with van der Waals surface area (Å²) in [6.07, 6.45) is 0. The van der Waals surface area contributed by atoms with Crippen LogP contribution in [0.25, 0.3) is 5.69 Å². The highest BCUT2D eigenvalue weighted by Gasteiger charge is 2.23. The van der Waals surface area contributed by atoms with Crippen LogP contribution in [0.3, 0.4) is 0 Å². The number of benzene rings is 1. The SMILES string of the molecule is Cc1nn(-c2ccc([N+](=O)[O-])cc2)c(N)c1[N+](=O)[O-]. The van der Waals surface area contributed by atoms with Crippen LogP contribution in [0.5, 0.6) is 0 Å². The molecule has 19 heavy (non-hydrogen) atoms. The first kappa shape index (κ1) is 12.5. The molecule has 0 saturated carbocycles. The Balaban J connectivity index is 2.51. The molecule has 0 unspecified atom stereocenters. The van der Waals surface area contributed by atoms with Gasteiger partial charge in [-0.15, -0.1) is 0 Å². The molecule has 0 aliphatic carbocycles. The van der Waals surface area contributed by atoms with Gasteiger partial charge in [-0.2, -0.15) is 5.10 Å². The minimum Gasteiger partial charge on any atom is -0.378 e. The largest absolute Gasteiger partial charge is 0.378 e. The molecular weight excluding hydrogens is 254 g/mol. The molecule has 0 amide bonds. The molecule has 9 nitrogen and oxygen atoms in total. The van der Waals surface area contributed by atoms with E-state index in [9.17, 15) is 20.2 Å². The fraction of sp³-hybridized carbons (Fsp3) is 0.100. The zero-order chi connectivity index (χ0) is 14.2. The van der Waals surface area contributed by atoms with E-state index in [0.717, 1.165) is 0 Å². The lowest BCUT2D eigenvalue weighted by molar-refractivity contribution is -0.384. The van der Waals surface area contributed by atoms with Gasteiger partial charge in [-0.25, -0.2) is 4.68 Å². The second kappa shape index (κ2) is 4.37. The summed E-state index contributed by atoms with van der Waals surface area (Å²) in [6.45, 7) is 1.47. The fourth-order valence-electron chi connectivity index (χ4n) is 1.67.